The largest absolute Gasteiger partial charge is 0.491 e. The summed E-state index contributed by atoms with van der Waals surface area (Å²) < 4.78 is 15.6. The molecule has 0 aliphatic carbocycles. The molecule has 90 valence electrons. The third kappa shape index (κ3) is 2.02. The fraction of sp³-hybridized carbons (Fsp3) is 0.455. The summed E-state index contributed by atoms with van der Waals surface area (Å²) in [5.41, 5.74) is 0.790. The van der Waals surface area contributed by atoms with Crippen molar-refractivity contribution in [3.8, 4) is 17.2 Å². The van der Waals surface area contributed by atoms with Gasteiger partial charge in [-0.15, -0.1) is 0 Å². The smallest absolute Gasteiger partial charge is 0.206 e. The van der Waals surface area contributed by atoms with Gasteiger partial charge in [0.2, 0.25) is 5.75 Å². The Balaban J connectivity index is 3.61. The lowest BCUT2D eigenvalue weighted by molar-refractivity contribution is 0.324. The summed E-state index contributed by atoms with van der Waals surface area (Å²) in [6.45, 7) is 1.96. The van der Waals surface area contributed by atoms with Gasteiger partial charge in [-0.2, -0.15) is 0 Å². The number of hydrogen-bond acceptors (Lipinski definition) is 3. The highest BCUT2D eigenvalue weighted by Gasteiger charge is 2.23. The lowest BCUT2D eigenvalue weighted by Crippen LogP contribution is -1.99. The first kappa shape index (κ1) is 13.3. The maximum absolute atomic E-state index is 6.18. The lowest BCUT2D eigenvalue weighted by Gasteiger charge is -2.17. The predicted octanol–water partition coefficient (Wildman–Crippen LogP) is 3.58. The van der Waals surface area contributed by atoms with E-state index in [1.807, 2.05) is 6.92 Å². The van der Waals surface area contributed by atoms with E-state index in [9.17, 15) is 0 Å². The van der Waals surface area contributed by atoms with E-state index >= 15 is 0 Å². The molecule has 5 heteroatoms. The molecule has 0 radical (unpaired) electrons. The summed E-state index contributed by atoms with van der Waals surface area (Å²) in [6, 6.07) is 0. The summed E-state index contributed by atoms with van der Waals surface area (Å²) in [7, 11) is 4.56. The zero-order valence-electron chi connectivity index (χ0n) is 9.69. The van der Waals surface area contributed by atoms with Gasteiger partial charge in [-0.1, -0.05) is 30.1 Å². The fourth-order valence-corrected chi connectivity index (χ4v) is 2.36. The zero-order valence-corrected chi connectivity index (χ0v) is 11.2. The first-order valence-corrected chi connectivity index (χ1v) is 5.53. The maximum Gasteiger partial charge on any atom is 0.206 e. The van der Waals surface area contributed by atoms with Crippen LogP contribution in [0.4, 0.5) is 0 Å². The number of rotatable bonds is 4. The van der Waals surface area contributed by atoms with Crippen molar-refractivity contribution in [2.75, 3.05) is 21.3 Å². The average Bonchev–Trinajstić information content (AvgIpc) is 2.29. The van der Waals surface area contributed by atoms with Gasteiger partial charge in [-0.25, -0.2) is 0 Å². The minimum atomic E-state index is 0.414. The number of halogens is 2. The van der Waals surface area contributed by atoms with Gasteiger partial charge in [0, 0.05) is 0 Å². The van der Waals surface area contributed by atoms with E-state index in [0.29, 0.717) is 33.7 Å². The SMILES string of the molecule is CCc1c(Cl)c(OC)c(OC)c(OC)c1Cl. The van der Waals surface area contributed by atoms with Crippen LogP contribution in [0.25, 0.3) is 0 Å². The highest BCUT2D eigenvalue weighted by Crippen LogP contribution is 2.49. The first-order chi connectivity index (χ1) is 7.62. The van der Waals surface area contributed by atoms with Gasteiger partial charge in [0.25, 0.3) is 0 Å². The van der Waals surface area contributed by atoms with Crippen molar-refractivity contribution in [2.45, 2.75) is 13.3 Å². The van der Waals surface area contributed by atoms with E-state index in [4.69, 9.17) is 37.4 Å². The number of benzene rings is 1. The highest BCUT2D eigenvalue weighted by molar-refractivity contribution is 6.38. The molecule has 0 N–H and O–H groups in total. The van der Waals surface area contributed by atoms with E-state index in [2.05, 4.69) is 0 Å². The maximum atomic E-state index is 6.18. The number of hydrogen-bond donors (Lipinski definition) is 0. The summed E-state index contributed by atoms with van der Waals surface area (Å²) in [6.07, 6.45) is 0.689. The van der Waals surface area contributed by atoms with E-state index in [-0.39, 0.29) is 0 Å². The molecule has 0 saturated heterocycles. The minimum absolute atomic E-state index is 0.414. The fourth-order valence-electron chi connectivity index (χ4n) is 1.53. The van der Waals surface area contributed by atoms with E-state index < -0.39 is 0 Å². The normalized spacial score (nSPS) is 10.1. The molecule has 1 rings (SSSR count). The third-order valence-corrected chi connectivity index (χ3v) is 3.11. The molecule has 0 aromatic heterocycles. The van der Waals surface area contributed by atoms with Gasteiger partial charge >= 0.3 is 0 Å². The van der Waals surface area contributed by atoms with Gasteiger partial charge in [0.1, 0.15) is 0 Å². The van der Waals surface area contributed by atoms with Crippen molar-refractivity contribution in [2.24, 2.45) is 0 Å². The topological polar surface area (TPSA) is 27.7 Å². The summed E-state index contributed by atoms with van der Waals surface area (Å²) in [4.78, 5) is 0. The van der Waals surface area contributed by atoms with Crippen LogP contribution in [-0.2, 0) is 6.42 Å². The molecular formula is C11H14Cl2O3. The molecule has 0 spiro atoms. The molecule has 0 saturated carbocycles. The van der Waals surface area contributed by atoms with Crippen molar-refractivity contribution in [1.29, 1.82) is 0 Å². The summed E-state index contributed by atoms with van der Waals surface area (Å²) in [5.74, 6) is 1.31. The van der Waals surface area contributed by atoms with E-state index in [1.165, 1.54) is 21.3 Å². The minimum Gasteiger partial charge on any atom is -0.491 e. The van der Waals surface area contributed by atoms with Gasteiger partial charge in [0.05, 0.1) is 31.4 Å². The quantitative estimate of drug-likeness (QED) is 0.832. The molecule has 0 fully saturated rings. The second kappa shape index (κ2) is 5.51. The predicted molar refractivity (Wildman–Crippen MR) is 65.5 cm³/mol. The van der Waals surface area contributed by atoms with Crippen molar-refractivity contribution in [3.05, 3.63) is 15.6 Å². The second-order valence-electron chi connectivity index (χ2n) is 3.06. The van der Waals surface area contributed by atoms with Crippen LogP contribution in [0.2, 0.25) is 10.0 Å². The number of methoxy groups -OCH3 is 3. The van der Waals surface area contributed by atoms with Crippen LogP contribution in [0.1, 0.15) is 12.5 Å². The molecule has 0 bridgehead atoms. The van der Waals surface area contributed by atoms with Gasteiger partial charge in [-0.05, 0) is 12.0 Å². The second-order valence-corrected chi connectivity index (χ2v) is 3.82. The molecule has 0 unspecified atom stereocenters. The number of ether oxygens (including phenoxy) is 3. The molecule has 0 heterocycles. The Hall–Kier alpha value is -0.800. The van der Waals surface area contributed by atoms with Gasteiger partial charge in [-0.3, -0.25) is 0 Å². The summed E-state index contributed by atoms with van der Waals surface area (Å²) >= 11 is 12.4. The third-order valence-electron chi connectivity index (χ3n) is 2.31. The van der Waals surface area contributed by atoms with Crippen molar-refractivity contribution in [3.63, 3.8) is 0 Å². The lowest BCUT2D eigenvalue weighted by atomic mass is 10.1. The van der Waals surface area contributed by atoms with Crippen molar-refractivity contribution < 1.29 is 14.2 Å². The van der Waals surface area contributed by atoms with E-state index in [0.717, 1.165) is 5.56 Å². The molecular weight excluding hydrogens is 251 g/mol. The standard InChI is InChI=1S/C11H14Cl2O3/c1-5-6-7(12)9(14-2)11(16-4)10(15-3)8(6)13/h5H2,1-4H3. The Morgan fingerprint density at radius 1 is 0.812 bits per heavy atom. The molecule has 16 heavy (non-hydrogen) atoms. The molecule has 1 aromatic carbocycles. The Morgan fingerprint density at radius 2 is 1.19 bits per heavy atom. The van der Waals surface area contributed by atoms with Crippen LogP contribution in [0, 0.1) is 0 Å². The molecule has 0 amide bonds. The molecule has 0 atom stereocenters. The Morgan fingerprint density at radius 3 is 1.44 bits per heavy atom. The van der Waals surface area contributed by atoms with Gasteiger partial charge < -0.3 is 14.2 Å². The van der Waals surface area contributed by atoms with Crippen LogP contribution in [0.3, 0.4) is 0 Å². The zero-order chi connectivity index (χ0) is 12.3. The van der Waals surface area contributed by atoms with Crippen LogP contribution < -0.4 is 14.2 Å². The Kier molecular flexibility index (Phi) is 4.56. The van der Waals surface area contributed by atoms with Crippen LogP contribution >= 0.6 is 23.2 Å². The first-order valence-electron chi connectivity index (χ1n) is 4.78. The molecule has 0 aliphatic heterocycles. The van der Waals surface area contributed by atoms with Crippen molar-refractivity contribution in [1.82, 2.24) is 0 Å². The summed E-state index contributed by atoms with van der Waals surface area (Å²) in [5, 5.41) is 0.931. The Bertz CT molecular complexity index is 360. The monoisotopic (exact) mass is 264 g/mol. The van der Waals surface area contributed by atoms with Gasteiger partial charge in [0.15, 0.2) is 11.5 Å². The molecule has 3 nitrogen and oxygen atoms in total. The molecule has 0 aliphatic rings. The highest BCUT2D eigenvalue weighted by atomic mass is 35.5. The van der Waals surface area contributed by atoms with Crippen LogP contribution in [0.15, 0.2) is 0 Å². The van der Waals surface area contributed by atoms with E-state index in [1.54, 1.807) is 0 Å². The molecule has 1 aromatic rings. The Labute approximate surface area is 105 Å². The van der Waals surface area contributed by atoms with Crippen LogP contribution in [0.5, 0.6) is 17.2 Å². The average molecular weight is 265 g/mol. The van der Waals surface area contributed by atoms with Crippen molar-refractivity contribution >= 4 is 23.2 Å². The van der Waals surface area contributed by atoms with Crippen LogP contribution in [-0.4, -0.2) is 21.3 Å².